The Labute approximate surface area is 749 Å². The van der Waals surface area contributed by atoms with Crippen molar-refractivity contribution >= 4 is 294 Å². The highest BCUT2D eigenvalue weighted by molar-refractivity contribution is 6.47. The van der Waals surface area contributed by atoms with Crippen LogP contribution >= 0.6 is 0 Å². The molecule has 29 aromatic rings. The summed E-state index contributed by atoms with van der Waals surface area (Å²) in [6.07, 6.45) is 4.71. The standard InChI is InChI=1S/C46H22O2.C38H22O6.C36H32N2O2/c1-5-23-13-15-27-21-33-41-29-9-4-12-36-44(29)42(30-10-3-11-35(43(30)41)47-45(33)31-19-17-25(7-1)37(23)39(27)31)34-22-28-16-14-24-6-2-8-26-18-20-32(46(34)48-36)40(28)38(24)26;1-41-37(39)21-9-13-23-19(17-21)11-15-29-31(23)35-25-5-3-8-28-34(25)36(26-6-4-7-27(43-29)33(26)35)32-24-14-10-22(38(40)42-2)18-20(24)12-16-30(32)44-28;1-3-27-33-25-9-7-24(22-13-17-38-18-14-22)20-32(25)40-30-6-2-4-28(36(30)33)34-26-10-8-23(21-11-15-37-16-12-21)19-31(26)39-29(5-1)35(27)34/h1-22H;3-18H,1-2H3;1-10,19-22,37-38H,11-18H2. The number of hydrogen-bond donors (Lipinski definition) is 2. The summed E-state index contributed by atoms with van der Waals surface area (Å²) in [7, 11) is 2.77. The first-order chi connectivity index (χ1) is 65.2. The van der Waals surface area contributed by atoms with Crippen LogP contribution in [0.2, 0.25) is 0 Å². The highest BCUT2D eigenvalue weighted by Gasteiger charge is 2.30. The van der Waals surface area contributed by atoms with Crippen LogP contribution in [-0.4, -0.2) is 52.3 Å². The lowest BCUT2D eigenvalue weighted by Crippen LogP contribution is -2.26. The molecule has 31 rings (SSSR count). The van der Waals surface area contributed by atoms with Gasteiger partial charge in [-0.3, -0.25) is 0 Å². The molecule has 0 radical (unpaired) electrons. The maximum absolute atomic E-state index is 12.3. The van der Waals surface area contributed by atoms with Crippen molar-refractivity contribution in [3.8, 4) is 0 Å². The normalized spacial score (nSPS) is 14.1. The molecule has 2 N–H and O–H groups in total. The largest absolute Gasteiger partial charge is 0.465 e. The third-order valence-corrected chi connectivity index (χ3v) is 29.8. The Bertz CT molecular complexity index is 9580. The molecule has 0 spiro atoms. The number of hydrogen-bond acceptors (Lipinski definition) is 12. The molecule has 2 aliphatic heterocycles. The van der Waals surface area contributed by atoms with Gasteiger partial charge in [-0.1, -0.05) is 194 Å². The number of ether oxygens (including phenoxy) is 2. The van der Waals surface area contributed by atoms with Crippen LogP contribution in [0.1, 0.15) is 69.4 Å². The second kappa shape index (κ2) is 27.7. The summed E-state index contributed by atoms with van der Waals surface area (Å²) in [5.41, 5.74) is 14.3. The average molecular weight is 1710 g/mol. The van der Waals surface area contributed by atoms with Crippen LogP contribution in [0.3, 0.4) is 0 Å². The second-order valence-corrected chi connectivity index (χ2v) is 36.4. The van der Waals surface area contributed by atoms with Crippen molar-refractivity contribution in [2.45, 2.75) is 37.5 Å². The Morgan fingerprint density at radius 1 is 0.220 bits per heavy atom. The Balaban J connectivity index is 0.0000000974. The third-order valence-electron chi connectivity index (χ3n) is 29.8. The minimum absolute atomic E-state index is 0.378. The molecular formula is C120H76N2O10. The van der Waals surface area contributed by atoms with Crippen LogP contribution in [0, 0.1) is 0 Å². The van der Waals surface area contributed by atoms with Crippen molar-refractivity contribution in [3.63, 3.8) is 0 Å². The third kappa shape index (κ3) is 10.4. The molecule has 6 aromatic heterocycles. The molecule has 0 unspecified atom stereocenters. The van der Waals surface area contributed by atoms with Gasteiger partial charge in [0.25, 0.3) is 0 Å². The van der Waals surface area contributed by atoms with Gasteiger partial charge in [0, 0.05) is 118 Å². The van der Waals surface area contributed by atoms with Gasteiger partial charge in [-0.15, -0.1) is 0 Å². The van der Waals surface area contributed by atoms with Crippen molar-refractivity contribution in [2.75, 3.05) is 40.4 Å². The van der Waals surface area contributed by atoms with Crippen LogP contribution in [0.15, 0.2) is 330 Å². The quantitative estimate of drug-likeness (QED) is 0.0979. The number of nitrogens with one attached hydrogen (secondary N) is 2. The summed E-state index contributed by atoms with van der Waals surface area (Å²) in [5, 5.41) is 53.1. The molecule has 0 amide bonds. The van der Waals surface area contributed by atoms with Crippen LogP contribution < -0.4 is 10.6 Å². The van der Waals surface area contributed by atoms with E-state index < -0.39 is 0 Å². The van der Waals surface area contributed by atoms with Gasteiger partial charge >= 0.3 is 11.9 Å². The smallest absolute Gasteiger partial charge is 0.337 e. The van der Waals surface area contributed by atoms with E-state index in [-0.39, 0.29) is 11.9 Å². The maximum Gasteiger partial charge on any atom is 0.337 e. The zero-order valence-corrected chi connectivity index (χ0v) is 71.8. The lowest BCUT2D eigenvalue weighted by molar-refractivity contribution is 0.0592. The number of methoxy groups -OCH3 is 2. The summed E-state index contributed by atoms with van der Waals surface area (Å²) in [6, 6.07) is 107. The van der Waals surface area contributed by atoms with Gasteiger partial charge in [-0.25, -0.2) is 9.59 Å². The number of carbonyl (C=O) groups excluding carboxylic acids is 2. The van der Waals surface area contributed by atoms with Gasteiger partial charge in [-0.05, 0) is 281 Å². The van der Waals surface area contributed by atoms with Crippen molar-refractivity contribution in [3.05, 3.63) is 326 Å². The summed E-state index contributed by atoms with van der Waals surface area (Å²) in [4.78, 5) is 24.7. The van der Waals surface area contributed by atoms with E-state index in [1.165, 1.54) is 170 Å². The van der Waals surface area contributed by atoms with Crippen molar-refractivity contribution in [1.82, 2.24) is 10.6 Å². The van der Waals surface area contributed by atoms with E-state index in [2.05, 4.69) is 229 Å². The van der Waals surface area contributed by atoms with Gasteiger partial charge in [-0.2, -0.15) is 0 Å². The fourth-order valence-electron chi connectivity index (χ4n) is 24.1. The minimum Gasteiger partial charge on any atom is -0.465 e. The zero-order chi connectivity index (χ0) is 86.7. The first kappa shape index (κ1) is 73.9. The fraction of sp³-hybridized carbons (Fsp3) is 0.100. The predicted octanol–water partition coefficient (Wildman–Crippen LogP) is 32.0. The van der Waals surface area contributed by atoms with E-state index in [1.54, 1.807) is 12.1 Å². The number of carbonyl (C=O) groups is 2. The van der Waals surface area contributed by atoms with Gasteiger partial charge in [0.05, 0.1) is 25.3 Å². The summed E-state index contributed by atoms with van der Waals surface area (Å²) >= 11 is 0. The Kier molecular flexibility index (Phi) is 15.5. The molecule has 2 saturated heterocycles. The van der Waals surface area contributed by atoms with Gasteiger partial charge < -0.3 is 46.6 Å². The highest BCUT2D eigenvalue weighted by atomic mass is 16.5. The second-order valence-electron chi connectivity index (χ2n) is 36.4. The van der Waals surface area contributed by atoms with E-state index in [4.69, 9.17) is 36.0 Å². The van der Waals surface area contributed by atoms with Crippen molar-refractivity contribution < 1.29 is 45.6 Å². The molecule has 2 fully saturated rings. The Hall–Kier alpha value is -16.1. The SMILES string of the molecule is COC(=O)c1ccc2c(ccc3oc4cccc5c4c(c4cccc6oc7ccc8cc(C(=O)OC)ccc8c7c5c64)c32)c1.c1cc2ccc3cc4c(oc5cccc6c5c4c4cccc5oc7c8ccc9cccc%10ccc(cc7c6c54)c8c%109)c4ccc(c1)c2c34.c1cc2oc3cc(C4CCNCC4)ccc3c3c4cccc5oc6cc(C7CCNCC7)ccc6c(c(c1)c23)c54. The number of rotatable bonds is 4. The first-order valence-corrected chi connectivity index (χ1v) is 45.7. The van der Waals surface area contributed by atoms with E-state index in [0.717, 1.165) is 190 Å². The molecule has 0 bridgehead atoms. The molecule has 132 heavy (non-hydrogen) atoms. The number of esters is 2. The van der Waals surface area contributed by atoms with Gasteiger partial charge in [0.2, 0.25) is 0 Å². The number of fused-ring (bicyclic) bond motifs is 24. The van der Waals surface area contributed by atoms with Crippen LogP contribution in [0.25, 0.3) is 282 Å². The maximum atomic E-state index is 12.3. The highest BCUT2D eigenvalue weighted by Crippen LogP contribution is 2.55. The summed E-state index contributed by atoms with van der Waals surface area (Å²) in [6.45, 7) is 4.34. The molecule has 0 saturated carbocycles. The Morgan fingerprint density at radius 3 is 0.886 bits per heavy atom. The molecule has 12 heteroatoms. The lowest BCUT2D eigenvalue weighted by Gasteiger charge is -2.24. The lowest BCUT2D eigenvalue weighted by atomic mass is 9.87. The van der Waals surface area contributed by atoms with E-state index in [1.807, 2.05) is 72.8 Å². The Morgan fingerprint density at radius 2 is 0.508 bits per heavy atom. The molecule has 23 aromatic carbocycles. The fourth-order valence-corrected chi connectivity index (χ4v) is 24.1. The molecule has 626 valence electrons. The molecule has 8 heterocycles. The predicted molar refractivity (Wildman–Crippen MR) is 543 cm³/mol. The van der Waals surface area contributed by atoms with E-state index in [9.17, 15) is 9.59 Å². The molecule has 2 aliphatic rings. The zero-order valence-electron chi connectivity index (χ0n) is 71.8. The molecule has 0 atom stereocenters. The minimum atomic E-state index is -0.378. The summed E-state index contributed by atoms with van der Waals surface area (Å²) in [5.74, 6) is 0.417. The molecule has 12 nitrogen and oxygen atoms in total. The number of piperidine rings is 2. The first-order valence-electron chi connectivity index (χ1n) is 45.7. The van der Waals surface area contributed by atoms with Crippen LogP contribution in [0.5, 0.6) is 0 Å². The topological polar surface area (TPSA) is 156 Å². The van der Waals surface area contributed by atoms with E-state index >= 15 is 0 Å². The molecule has 0 aliphatic carbocycles. The van der Waals surface area contributed by atoms with Gasteiger partial charge in [0.15, 0.2) is 0 Å². The van der Waals surface area contributed by atoms with Crippen molar-refractivity contribution in [2.24, 2.45) is 0 Å². The van der Waals surface area contributed by atoms with Crippen LogP contribution in [0.4, 0.5) is 0 Å². The number of benzene rings is 23. The average Bonchev–Trinajstić information content (AvgIpc) is 0.685. The van der Waals surface area contributed by atoms with Crippen molar-refractivity contribution in [1.29, 1.82) is 0 Å². The van der Waals surface area contributed by atoms with Crippen LogP contribution in [-0.2, 0) is 9.47 Å². The molecular weight excluding hydrogens is 1630 g/mol. The monoisotopic (exact) mass is 1700 g/mol. The van der Waals surface area contributed by atoms with E-state index in [0.29, 0.717) is 23.0 Å². The van der Waals surface area contributed by atoms with Gasteiger partial charge in [0.1, 0.15) is 67.0 Å². The summed E-state index contributed by atoms with van der Waals surface area (Å²) < 4.78 is 50.6.